The second-order valence-electron chi connectivity index (χ2n) is 5.12. The minimum Gasteiger partial charge on any atom is -0.396 e. The fourth-order valence-electron chi connectivity index (χ4n) is 2.38. The lowest BCUT2D eigenvalue weighted by Crippen LogP contribution is -2.14. The third-order valence-corrected chi connectivity index (χ3v) is 4.31. The molecule has 1 N–H and O–H groups in total. The van der Waals surface area contributed by atoms with E-state index in [1.807, 2.05) is 31.2 Å². The first-order chi connectivity index (χ1) is 9.60. The maximum atomic E-state index is 13.1. The monoisotopic (exact) mass is 336 g/mol. The minimum atomic E-state index is -0.211. The van der Waals surface area contributed by atoms with Gasteiger partial charge in [-0.05, 0) is 60.6 Å². The van der Waals surface area contributed by atoms with Crippen LogP contribution in [-0.2, 0) is 12.8 Å². The van der Waals surface area contributed by atoms with Crippen LogP contribution in [0.3, 0.4) is 0 Å². The van der Waals surface area contributed by atoms with Crippen LogP contribution in [0, 0.1) is 18.7 Å². The highest BCUT2D eigenvalue weighted by Gasteiger charge is 2.13. The van der Waals surface area contributed by atoms with E-state index in [0.717, 1.165) is 28.4 Å². The number of aryl methyl sites for hydroxylation is 1. The van der Waals surface area contributed by atoms with Gasteiger partial charge in [0, 0.05) is 11.1 Å². The molecule has 0 aliphatic carbocycles. The average Bonchev–Trinajstić information content (AvgIpc) is 2.43. The van der Waals surface area contributed by atoms with Gasteiger partial charge < -0.3 is 5.11 Å². The highest BCUT2D eigenvalue weighted by atomic mass is 79.9. The Morgan fingerprint density at radius 2 is 1.80 bits per heavy atom. The van der Waals surface area contributed by atoms with Gasteiger partial charge in [0.05, 0.1) is 0 Å². The van der Waals surface area contributed by atoms with Crippen molar-refractivity contribution in [3.05, 3.63) is 69.4 Å². The van der Waals surface area contributed by atoms with Gasteiger partial charge >= 0.3 is 0 Å². The Morgan fingerprint density at radius 3 is 2.45 bits per heavy atom. The van der Waals surface area contributed by atoms with Crippen LogP contribution >= 0.6 is 15.9 Å². The molecule has 0 heterocycles. The molecule has 0 amide bonds. The van der Waals surface area contributed by atoms with Crippen LogP contribution in [0.1, 0.15) is 16.7 Å². The molecule has 0 radical (unpaired) electrons. The first kappa shape index (κ1) is 15.2. The third-order valence-electron chi connectivity index (χ3n) is 3.54. The van der Waals surface area contributed by atoms with Gasteiger partial charge in [-0.25, -0.2) is 4.39 Å². The summed E-state index contributed by atoms with van der Waals surface area (Å²) >= 11 is 3.53. The van der Waals surface area contributed by atoms with Gasteiger partial charge in [0.2, 0.25) is 0 Å². The molecule has 106 valence electrons. The molecular weight excluding hydrogens is 319 g/mol. The molecule has 0 bridgehead atoms. The van der Waals surface area contributed by atoms with Crippen molar-refractivity contribution in [3.63, 3.8) is 0 Å². The van der Waals surface area contributed by atoms with Gasteiger partial charge in [-0.3, -0.25) is 0 Å². The average molecular weight is 337 g/mol. The fraction of sp³-hybridized carbons (Fsp3) is 0.294. The van der Waals surface area contributed by atoms with E-state index >= 15 is 0 Å². The lowest BCUT2D eigenvalue weighted by atomic mass is 9.91. The van der Waals surface area contributed by atoms with Crippen LogP contribution in [0.4, 0.5) is 4.39 Å². The summed E-state index contributed by atoms with van der Waals surface area (Å²) in [5, 5.41) is 9.60. The van der Waals surface area contributed by atoms with Crippen LogP contribution in [0.25, 0.3) is 0 Å². The Balaban J connectivity index is 2.11. The zero-order chi connectivity index (χ0) is 14.5. The molecule has 2 rings (SSSR count). The highest BCUT2D eigenvalue weighted by Crippen LogP contribution is 2.22. The molecule has 0 saturated heterocycles. The first-order valence-corrected chi connectivity index (χ1v) is 7.48. The predicted octanol–water partition coefficient (Wildman–Crippen LogP) is 4.29. The lowest BCUT2D eigenvalue weighted by molar-refractivity contribution is 0.224. The molecule has 1 atom stereocenters. The fourth-order valence-corrected chi connectivity index (χ4v) is 2.82. The van der Waals surface area contributed by atoms with Crippen LogP contribution in [-0.4, -0.2) is 11.7 Å². The Kier molecular flexibility index (Phi) is 5.32. The Hall–Kier alpha value is -1.19. The maximum Gasteiger partial charge on any atom is 0.123 e. The van der Waals surface area contributed by atoms with E-state index in [0.29, 0.717) is 0 Å². The van der Waals surface area contributed by atoms with Crippen LogP contribution in [0.5, 0.6) is 0 Å². The van der Waals surface area contributed by atoms with Crippen molar-refractivity contribution in [2.45, 2.75) is 19.8 Å². The summed E-state index contributed by atoms with van der Waals surface area (Å²) in [6.07, 6.45) is 1.55. The largest absolute Gasteiger partial charge is 0.396 e. The van der Waals surface area contributed by atoms with Crippen molar-refractivity contribution < 1.29 is 9.50 Å². The van der Waals surface area contributed by atoms with Gasteiger partial charge in [0.25, 0.3) is 0 Å². The number of halogens is 2. The van der Waals surface area contributed by atoms with E-state index in [4.69, 9.17) is 0 Å². The summed E-state index contributed by atoms with van der Waals surface area (Å²) in [6, 6.07) is 12.9. The minimum absolute atomic E-state index is 0.123. The number of hydrogen-bond acceptors (Lipinski definition) is 1. The van der Waals surface area contributed by atoms with E-state index in [9.17, 15) is 9.50 Å². The van der Waals surface area contributed by atoms with Crippen molar-refractivity contribution in [1.82, 2.24) is 0 Å². The molecule has 2 aromatic carbocycles. The van der Waals surface area contributed by atoms with Crippen molar-refractivity contribution >= 4 is 15.9 Å². The smallest absolute Gasteiger partial charge is 0.123 e. The van der Waals surface area contributed by atoms with Crippen LogP contribution < -0.4 is 0 Å². The van der Waals surface area contributed by atoms with Crippen molar-refractivity contribution in [1.29, 1.82) is 0 Å². The molecule has 1 unspecified atom stereocenters. The van der Waals surface area contributed by atoms with E-state index in [2.05, 4.69) is 22.0 Å². The van der Waals surface area contributed by atoms with Crippen LogP contribution in [0.15, 0.2) is 46.9 Å². The van der Waals surface area contributed by atoms with E-state index < -0.39 is 0 Å². The summed E-state index contributed by atoms with van der Waals surface area (Å²) in [7, 11) is 0. The highest BCUT2D eigenvalue weighted by molar-refractivity contribution is 9.10. The summed E-state index contributed by atoms with van der Waals surface area (Å²) in [5.74, 6) is -0.0736. The SMILES string of the molecule is Cc1cc(F)ccc1CC(CO)Cc1ccccc1Br. The molecule has 2 aromatic rings. The van der Waals surface area contributed by atoms with E-state index in [1.165, 1.54) is 11.6 Å². The molecule has 3 heteroatoms. The van der Waals surface area contributed by atoms with Crippen LogP contribution in [0.2, 0.25) is 0 Å². The van der Waals surface area contributed by atoms with Gasteiger partial charge in [-0.1, -0.05) is 40.2 Å². The number of rotatable bonds is 5. The summed E-state index contributed by atoms with van der Waals surface area (Å²) in [5.41, 5.74) is 3.22. The van der Waals surface area contributed by atoms with E-state index in [1.54, 1.807) is 6.07 Å². The molecule has 0 fully saturated rings. The topological polar surface area (TPSA) is 20.2 Å². The van der Waals surface area contributed by atoms with Crippen molar-refractivity contribution in [2.75, 3.05) is 6.61 Å². The van der Waals surface area contributed by atoms with Gasteiger partial charge in [-0.2, -0.15) is 0 Å². The molecule has 0 aliphatic heterocycles. The predicted molar refractivity (Wildman–Crippen MR) is 83.3 cm³/mol. The van der Waals surface area contributed by atoms with Crippen molar-refractivity contribution in [3.8, 4) is 0 Å². The quantitative estimate of drug-likeness (QED) is 0.863. The lowest BCUT2D eigenvalue weighted by Gasteiger charge is -2.16. The second kappa shape index (κ2) is 7.00. The Labute approximate surface area is 127 Å². The molecule has 20 heavy (non-hydrogen) atoms. The number of aliphatic hydroxyl groups excluding tert-OH is 1. The van der Waals surface area contributed by atoms with Gasteiger partial charge in [0.15, 0.2) is 0 Å². The molecule has 0 saturated carbocycles. The standard InChI is InChI=1S/C17H18BrFO/c1-12-8-16(19)7-6-14(12)9-13(11-20)10-15-4-2-3-5-17(15)18/h2-8,13,20H,9-11H2,1H3. The zero-order valence-electron chi connectivity index (χ0n) is 11.4. The van der Waals surface area contributed by atoms with Gasteiger partial charge in [-0.15, -0.1) is 0 Å². The molecule has 1 nitrogen and oxygen atoms in total. The molecule has 0 aromatic heterocycles. The molecule has 0 spiro atoms. The summed E-state index contributed by atoms with van der Waals surface area (Å²) < 4.78 is 14.2. The normalized spacial score (nSPS) is 12.4. The number of hydrogen-bond donors (Lipinski definition) is 1. The second-order valence-corrected chi connectivity index (χ2v) is 5.97. The Morgan fingerprint density at radius 1 is 1.10 bits per heavy atom. The number of aliphatic hydroxyl groups is 1. The molecular formula is C17H18BrFO. The van der Waals surface area contributed by atoms with E-state index in [-0.39, 0.29) is 18.3 Å². The first-order valence-electron chi connectivity index (χ1n) is 6.69. The third kappa shape index (κ3) is 3.90. The molecule has 0 aliphatic rings. The number of benzene rings is 2. The Bertz CT molecular complexity index is 583. The maximum absolute atomic E-state index is 13.1. The van der Waals surface area contributed by atoms with Crippen molar-refractivity contribution in [2.24, 2.45) is 5.92 Å². The summed E-state index contributed by atoms with van der Waals surface area (Å²) in [6.45, 7) is 2.03. The van der Waals surface area contributed by atoms with Gasteiger partial charge in [0.1, 0.15) is 5.82 Å². The summed E-state index contributed by atoms with van der Waals surface area (Å²) in [4.78, 5) is 0. The zero-order valence-corrected chi connectivity index (χ0v) is 13.0.